The Morgan fingerprint density at radius 3 is 2.40 bits per heavy atom. The minimum absolute atomic E-state index is 0.0249. The van der Waals surface area contributed by atoms with E-state index in [1.807, 2.05) is 24.3 Å². The van der Waals surface area contributed by atoms with Gasteiger partial charge in [0.1, 0.15) is 11.4 Å². The number of carbonyl (C=O) groups excluding carboxylic acids is 1. The summed E-state index contributed by atoms with van der Waals surface area (Å²) in [5.41, 5.74) is 0.787. The molecule has 0 aromatic heterocycles. The Bertz CT molecular complexity index is 617. The van der Waals surface area contributed by atoms with Gasteiger partial charge in [-0.1, -0.05) is 63.6 Å². The number of ether oxygens (including phenoxy) is 2. The van der Waals surface area contributed by atoms with Crippen molar-refractivity contribution in [1.82, 2.24) is 0 Å². The summed E-state index contributed by atoms with van der Waals surface area (Å²) in [4.78, 5) is 12.5. The highest BCUT2D eigenvalue weighted by molar-refractivity contribution is 6.79. The van der Waals surface area contributed by atoms with Gasteiger partial charge in [-0.15, -0.1) is 0 Å². The molecule has 0 saturated carbocycles. The van der Waals surface area contributed by atoms with Crippen LogP contribution >= 0.6 is 0 Å². The molecule has 0 bridgehead atoms. The number of rotatable bonds is 7. The third-order valence-corrected chi connectivity index (χ3v) is 9.62. The number of carbonyl (C=O) groups is 1. The summed E-state index contributed by atoms with van der Waals surface area (Å²) in [5.74, 6) is 0.445. The van der Waals surface area contributed by atoms with Gasteiger partial charge in [-0.2, -0.15) is 0 Å². The second kappa shape index (κ2) is 7.50. The van der Waals surface area contributed by atoms with Gasteiger partial charge in [0, 0.05) is 8.07 Å². The van der Waals surface area contributed by atoms with Crippen LogP contribution < -0.4 is 4.74 Å². The summed E-state index contributed by atoms with van der Waals surface area (Å²) in [6.07, 6.45) is 2.81. The molecule has 1 heterocycles. The van der Waals surface area contributed by atoms with Crippen molar-refractivity contribution in [3.8, 4) is 5.75 Å². The zero-order chi connectivity index (χ0) is 18.7. The molecule has 0 radical (unpaired) electrons. The molecular formula is C20H32O3Si2. The fraction of sp³-hybridized carbons (Fsp3) is 0.550. The average Bonchev–Trinajstić information content (AvgIpc) is 2.78. The maximum Gasteiger partial charge on any atom is 0.344 e. The van der Waals surface area contributed by atoms with Crippen LogP contribution in [0.4, 0.5) is 0 Å². The molecule has 0 amide bonds. The van der Waals surface area contributed by atoms with Crippen molar-refractivity contribution in [3.63, 3.8) is 0 Å². The minimum atomic E-state index is -1.33. The predicted molar refractivity (Wildman–Crippen MR) is 111 cm³/mol. The minimum Gasteiger partial charge on any atom is -0.482 e. The fourth-order valence-corrected chi connectivity index (χ4v) is 9.95. The monoisotopic (exact) mass is 376 g/mol. The van der Waals surface area contributed by atoms with Gasteiger partial charge >= 0.3 is 5.97 Å². The smallest absolute Gasteiger partial charge is 0.344 e. The van der Waals surface area contributed by atoms with E-state index in [0.29, 0.717) is 5.75 Å². The van der Waals surface area contributed by atoms with Gasteiger partial charge in [0.05, 0.1) is 8.07 Å². The Morgan fingerprint density at radius 1 is 1.28 bits per heavy atom. The van der Waals surface area contributed by atoms with Gasteiger partial charge in [-0.3, -0.25) is 0 Å². The van der Waals surface area contributed by atoms with Crippen molar-refractivity contribution in [3.05, 3.63) is 36.4 Å². The molecule has 25 heavy (non-hydrogen) atoms. The molecule has 0 spiro atoms. The molecule has 3 nitrogen and oxygen atoms in total. The van der Waals surface area contributed by atoms with Crippen LogP contribution in [0.25, 0.3) is 6.08 Å². The van der Waals surface area contributed by atoms with Gasteiger partial charge in [0.15, 0.2) is 6.61 Å². The Balaban J connectivity index is 1.98. The van der Waals surface area contributed by atoms with Crippen LogP contribution in [0.3, 0.4) is 0 Å². The number of hydrogen-bond acceptors (Lipinski definition) is 3. The van der Waals surface area contributed by atoms with E-state index in [0.717, 1.165) is 24.1 Å². The molecule has 5 heteroatoms. The van der Waals surface area contributed by atoms with Crippen LogP contribution in [0.1, 0.15) is 12.0 Å². The van der Waals surface area contributed by atoms with Crippen LogP contribution in [0, 0.1) is 0 Å². The lowest BCUT2D eigenvalue weighted by molar-refractivity contribution is -0.158. The summed E-state index contributed by atoms with van der Waals surface area (Å²) in [7, 11) is -2.57. The van der Waals surface area contributed by atoms with Crippen LogP contribution in [-0.4, -0.2) is 34.3 Å². The number of esters is 1. The summed E-state index contributed by atoms with van der Waals surface area (Å²) in [6.45, 7) is 15.6. The zero-order valence-corrected chi connectivity index (χ0v) is 18.4. The molecule has 1 aliphatic heterocycles. The molecule has 0 aliphatic carbocycles. The topological polar surface area (TPSA) is 35.5 Å². The maximum atomic E-state index is 12.5. The van der Waals surface area contributed by atoms with E-state index in [9.17, 15) is 4.79 Å². The van der Waals surface area contributed by atoms with Crippen molar-refractivity contribution < 1.29 is 14.3 Å². The largest absolute Gasteiger partial charge is 0.482 e. The molecule has 0 N–H and O–H groups in total. The lowest BCUT2D eigenvalue weighted by Gasteiger charge is -2.35. The number of benzene rings is 1. The summed E-state index contributed by atoms with van der Waals surface area (Å²) in [6, 6.07) is 10.9. The van der Waals surface area contributed by atoms with Crippen LogP contribution in [-0.2, 0) is 9.53 Å². The van der Waals surface area contributed by atoms with Crippen molar-refractivity contribution in [1.29, 1.82) is 0 Å². The van der Waals surface area contributed by atoms with Gasteiger partial charge in [-0.05, 0) is 36.2 Å². The zero-order valence-electron chi connectivity index (χ0n) is 16.4. The third-order valence-electron chi connectivity index (χ3n) is 4.71. The van der Waals surface area contributed by atoms with Crippen LogP contribution in [0.15, 0.2) is 30.8 Å². The standard InChI is InChI=1S/C20H32O3Si2/c1-7-17-8-10-18(11-9-17)22-14-19(21)23-20(15-24(2,3)4)12-13-25(5,6)16-20/h7-11H,1,12-16H2,2-6H3. The van der Waals surface area contributed by atoms with E-state index in [2.05, 4.69) is 39.3 Å². The first-order valence-corrected chi connectivity index (χ1v) is 16.2. The first-order chi connectivity index (χ1) is 11.5. The molecule has 1 fully saturated rings. The summed E-state index contributed by atoms with van der Waals surface area (Å²) >= 11 is 0. The lowest BCUT2D eigenvalue weighted by atomic mass is 10.1. The van der Waals surface area contributed by atoms with Gasteiger partial charge in [0.2, 0.25) is 0 Å². The van der Waals surface area contributed by atoms with E-state index in [1.54, 1.807) is 6.08 Å². The average molecular weight is 377 g/mol. The van der Waals surface area contributed by atoms with E-state index in [1.165, 1.54) is 6.04 Å². The molecule has 2 rings (SSSR count). The third kappa shape index (κ3) is 6.15. The number of hydrogen-bond donors (Lipinski definition) is 0. The Labute approximate surface area is 154 Å². The van der Waals surface area contributed by atoms with Crippen molar-refractivity contribution in [2.24, 2.45) is 0 Å². The maximum absolute atomic E-state index is 12.5. The van der Waals surface area contributed by atoms with Crippen LogP contribution in [0.2, 0.25) is 50.9 Å². The highest BCUT2D eigenvalue weighted by Crippen LogP contribution is 2.45. The Morgan fingerprint density at radius 2 is 1.92 bits per heavy atom. The molecule has 1 unspecified atom stereocenters. The molecule has 1 saturated heterocycles. The second-order valence-corrected chi connectivity index (χ2v) is 20.0. The first-order valence-electron chi connectivity index (χ1n) is 9.10. The van der Waals surface area contributed by atoms with Crippen molar-refractivity contribution in [2.45, 2.75) is 62.9 Å². The molecule has 1 aromatic rings. The van der Waals surface area contributed by atoms with E-state index >= 15 is 0 Å². The van der Waals surface area contributed by atoms with Gasteiger partial charge in [-0.25, -0.2) is 4.79 Å². The Kier molecular flexibility index (Phi) is 5.99. The molecule has 138 valence electrons. The lowest BCUT2D eigenvalue weighted by Crippen LogP contribution is -2.42. The van der Waals surface area contributed by atoms with E-state index in [-0.39, 0.29) is 18.2 Å². The van der Waals surface area contributed by atoms with Gasteiger partial charge < -0.3 is 9.47 Å². The second-order valence-electron chi connectivity index (χ2n) is 9.30. The molecular weight excluding hydrogens is 344 g/mol. The predicted octanol–water partition coefficient (Wildman–Crippen LogP) is 5.44. The van der Waals surface area contributed by atoms with Crippen molar-refractivity contribution in [2.75, 3.05) is 6.61 Å². The normalized spacial score (nSPS) is 22.4. The quantitative estimate of drug-likeness (QED) is 0.469. The SMILES string of the molecule is C=Cc1ccc(OCC(=O)OC2(C[Si](C)(C)C)CC[Si](C)(C)C2)cc1. The first kappa shape index (κ1) is 20.0. The molecule has 1 aliphatic rings. The molecule has 1 atom stereocenters. The highest BCUT2D eigenvalue weighted by Gasteiger charge is 2.49. The van der Waals surface area contributed by atoms with Crippen LogP contribution in [0.5, 0.6) is 5.75 Å². The Hall–Kier alpha value is -1.34. The van der Waals surface area contributed by atoms with E-state index in [4.69, 9.17) is 9.47 Å². The highest BCUT2D eigenvalue weighted by atomic mass is 28.3. The fourth-order valence-electron chi connectivity index (χ4n) is 3.97. The van der Waals surface area contributed by atoms with E-state index < -0.39 is 16.1 Å². The van der Waals surface area contributed by atoms with Crippen molar-refractivity contribution >= 4 is 28.2 Å². The molecule has 1 aromatic carbocycles. The summed E-state index contributed by atoms with van der Waals surface area (Å²) < 4.78 is 11.7. The summed E-state index contributed by atoms with van der Waals surface area (Å²) in [5, 5.41) is 0. The van der Waals surface area contributed by atoms with Gasteiger partial charge in [0.25, 0.3) is 0 Å².